The summed E-state index contributed by atoms with van der Waals surface area (Å²) in [4.78, 5) is 12.3. The number of amides is 1. The van der Waals surface area contributed by atoms with Crippen molar-refractivity contribution in [1.29, 1.82) is 0 Å². The van der Waals surface area contributed by atoms with Gasteiger partial charge in [-0.05, 0) is 64.2 Å². The van der Waals surface area contributed by atoms with Gasteiger partial charge in [-0.2, -0.15) is 0 Å². The van der Waals surface area contributed by atoms with E-state index in [0.717, 1.165) is 38.5 Å². The van der Waals surface area contributed by atoms with Crippen LogP contribution in [-0.2, 0) is 4.79 Å². The van der Waals surface area contributed by atoms with E-state index in [9.17, 15) is 15.0 Å². The molecule has 0 saturated carbocycles. The molecule has 2 atom stereocenters. The van der Waals surface area contributed by atoms with Crippen LogP contribution in [0, 0.1) is 0 Å². The fourth-order valence-electron chi connectivity index (χ4n) is 7.11. The summed E-state index contributed by atoms with van der Waals surface area (Å²) < 4.78 is 0. The van der Waals surface area contributed by atoms with E-state index in [-0.39, 0.29) is 12.5 Å². The largest absolute Gasteiger partial charge is 0.394 e. The van der Waals surface area contributed by atoms with Crippen LogP contribution in [0.3, 0.4) is 0 Å². The fourth-order valence-corrected chi connectivity index (χ4v) is 7.11. The van der Waals surface area contributed by atoms with Crippen LogP contribution in [0.15, 0.2) is 48.6 Å². The number of unbranched alkanes of at least 4 members (excludes halogenated alkanes) is 30. The molecule has 0 aromatic rings. The van der Waals surface area contributed by atoms with Gasteiger partial charge in [-0.1, -0.05) is 223 Å². The Labute approximate surface area is 337 Å². The quantitative estimate of drug-likeness (QED) is 0.0429. The average Bonchev–Trinajstić information content (AvgIpc) is 3.18. The normalized spacial score (nSPS) is 13.3. The molecule has 1 amide bonds. The van der Waals surface area contributed by atoms with Crippen LogP contribution in [0.4, 0.5) is 0 Å². The van der Waals surface area contributed by atoms with Crippen molar-refractivity contribution in [3.63, 3.8) is 0 Å². The van der Waals surface area contributed by atoms with Gasteiger partial charge in [0.15, 0.2) is 0 Å². The Balaban J connectivity index is 3.43. The van der Waals surface area contributed by atoms with Crippen molar-refractivity contribution in [3.8, 4) is 0 Å². The van der Waals surface area contributed by atoms with Crippen molar-refractivity contribution in [2.24, 2.45) is 0 Å². The molecule has 4 nitrogen and oxygen atoms in total. The summed E-state index contributed by atoms with van der Waals surface area (Å²) in [6, 6.07) is -0.636. The number of allylic oxidation sites excluding steroid dienone is 7. The Morgan fingerprint density at radius 2 is 0.778 bits per heavy atom. The van der Waals surface area contributed by atoms with Crippen LogP contribution in [0.5, 0.6) is 0 Å². The first-order chi connectivity index (χ1) is 26.7. The van der Waals surface area contributed by atoms with Gasteiger partial charge in [0.2, 0.25) is 5.91 Å². The third kappa shape index (κ3) is 41.5. The summed E-state index contributed by atoms with van der Waals surface area (Å²) in [5, 5.41) is 22.8. The molecule has 0 bridgehead atoms. The zero-order chi connectivity index (χ0) is 39.3. The van der Waals surface area contributed by atoms with Crippen LogP contribution >= 0.6 is 0 Å². The first-order valence-corrected chi connectivity index (χ1v) is 23.9. The minimum absolute atomic E-state index is 0.0758. The second-order valence-corrected chi connectivity index (χ2v) is 16.2. The Morgan fingerprint density at radius 1 is 0.444 bits per heavy atom. The van der Waals surface area contributed by atoms with E-state index in [0.29, 0.717) is 6.42 Å². The lowest BCUT2D eigenvalue weighted by molar-refractivity contribution is -0.123. The molecular weight excluding hydrogens is 663 g/mol. The predicted octanol–water partition coefficient (Wildman–Crippen LogP) is 15.1. The first kappa shape index (κ1) is 52.3. The van der Waals surface area contributed by atoms with Crippen molar-refractivity contribution >= 4 is 5.91 Å². The Kier molecular flexibility index (Phi) is 44.3. The highest BCUT2D eigenvalue weighted by molar-refractivity contribution is 5.76. The van der Waals surface area contributed by atoms with E-state index in [1.165, 1.54) is 186 Å². The number of carbonyl (C=O) groups is 1. The molecule has 0 fully saturated rings. The van der Waals surface area contributed by atoms with Crippen molar-refractivity contribution in [2.75, 3.05) is 6.61 Å². The Morgan fingerprint density at radius 3 is 1.22 bits per heavy atom. The maximum absolute atomic E-state index is 12.3. The van der Waals surface area contributed by atoms with Crippen molar-refractivity contribution in [3.05, 3.63) is 48.6 Å². The molecule has 2 unspecified atom stereocenters. The van der Waals surface area contributed by atoms with E-state index < -0.39 is 12.1 Å². The summed E-state index contributed by atoms with van der Waals surface area (Å²) in [6.45, 7) is 4.25. The molecule has 0 rings (SSSR count). The molecule has 0 radical (unpaired) electrons. The van der Waals surface area contributed by atoms with Gasteiger partial charge in [0.25, 0.3) is 0 Å². The number of hydrogen-bond donors (Lipinski definition) is 3. The highest BCUT2D eigenvalue weighted by Crippen LogP contribution is 2.15. The monoisotopic (exact) mass is 756 g/mol. The molecular formula is C50H93NO3. The third-order valence-corrected chi connectivity index (χ3v) is 10.8. The summed E-state index contributed by atoms with van der Waals surface area (Å²) in [5.74, 6) is -0.0758. The van der Waals surface area contributed by atoms with Gasteiger partial charge in [0.05, 0.1) is 18.8 Å². The molecule has 4 heteroatoms. The van der Waals surface area contributed by atoms with Crippen LogP contribution in [0.1, 0.15) is 245 Å². The van der Waals surface area contributed by atoms with Gasteiger partial charge in [0, 0.05) is 6.42 Å². The Hall–Kier alpha value is -1.65. The molecule has 3 N–H and O–H groups in total. The number of hydrogen-bond acceptors (Lipinski definition) is 3. The lowest BCUT2D eigenvalue weighted by Crippen LogP contribution is -2.45. The number of aliphatic hydroxyl groups is 2. The predicted molar refractivity (Wildman–Crippen MR) is 239 cm³/mol. The fraction of sp³-hybridized carbons (Fsp3) is 0.820. The summed E-state index contributed by atoms with van der Waals surface area (Å²) in [7, 11) is 0. The van der Waals surface area contributed by atoms with Gasteiger partial charge in [0.1, 0.15) is 0 Å². The molecule has 0 aliphatic heterocycles. The maximum Gasteiger partial charge on any atom is 0.220 e. The highest BCUT2D eigenvalue weighted by Gasteiger charge is 2.17. The molecule has 0 aromatic heterocycles. The summed E-state index contributed by atoms with van der Waals surface area (Å²) >= 11 is 0. The summed E-state index contributed by atoms with van der Waals surface area (Å²) in [6.07, 6.45) is 62.6. The van der Waals surface area contributed by atoms with Crippen LogP contribution in [0.25, 0.3) is 0 Å². The minimum Gasteiger partial charge on any atom is -0.394 e. The third-order valence-electron chi connectivity index (χ3n) is 10.8. The molecule has 0 spiro atoms. The van der Waals surface area contributed by atoms with Crippen LogP contribution in [0.2, 0.25) is 0 Å². The highest BCUT2D eigenvalue weighted by atomic mass is 16.3. The SMILES string of the molecule is CCCCC/C=C/CC/C=C/C(O)C(CO)NC(=O)CCCCCCCCCCCCCCCCCCC/C=C\C/C=C\CCCCCCCCCCC. The van der Waals surface area contributed by atoms with Gasteiger partial charge in [-0.15, -0.1) is 0 Å². The topological polar surface area (TPSA) is 69.6 Å². The average molecular weight is 756 g/mol. The molecule has 0 aliphatic rings. The zero-order valence-corrected chi connectivity index (χ0v) is 36.2. The minimum atomic E-state index is -0.859. The Bertz CT molecular complexity index is 862. The standard InChI is InChI=1S/C50H93NO3/c1-3-5-7-9-11-13-14-15-16-17-18-19-20-21-22-23-24-25-26-27-28-29-30-31-32-33-34-35-36-38-40-42-44-46-50(54)51-48(47-52)49(53)45-43-41-39-37-12-10-8-6-4-2/h12,18-19,21-22,37,43,45,48-49,52-53H,3-11,13-17,20,23-36,38-42,44,46-47H2,1-2H3,(H,51,54)/b19-18-,22-21-,37-12+,45-43+. The smallest absolute Gasteiger partial charge is 0.220 e. The van der Waals surface area contributed by atoms with Crippen molar-refractivity contribution < 1.29 is 15.0 Å². The van der Waals surface area contributed by atoms with Crippen molar-refractivity contribution in [2.45, 2.75) is 257 Å². The summed E-state index contributed by atoms with van der Waals surface area (Å²) in [5.41, 5.74) is 0. The first-order valence-electron chi connectivity index (χ1n) is 23.9. The second kappa shape index (κ2) is 45.7. The maximum atomic E-state index is 12.3. The molecule has 0 aromatic carbocycles. The molecule has 0 aliphatic carbocycles. The van der Waals surface area contributed by atoms with E-state index in [4.69, 9.17) is 0 Å². The number of carbonyl (C=O) groups excluding carboxylic acids is 1. The van der Waals surface area contributed by atoms with E-state index in [2.05, 4.69) is 55.6 Å². The zero-order valence-electron chi connectivity index (χ0n) is 36.2. The number of rotatable bonds is 43. The van der Waals surface area contributed by atoms with Gasteiger partial charge in [-0.3, -0.25) is 4.79 Å². The lowest BCUT2D eigenvalue weighted by atomic mass is 10.0. The molecule has 316 valence electrons. The second-order valence-electron chi connectivity index (χ2n) is 16.2. The number of nitrogens with one attached hydrogen (secondary N) is 1. The molecule has 54 heavy (non-hydrogen) atoms. The van der Waals surface area contributed by atoms with Crippen LogP contribution in [-0.4, -0.2) is 34.9 Å². The molecule has 0 saturated heterocycles. The van der Waals surface area contributed by atoms with Gasteiger partial charge >= 0.3 is 0 Å². The van der Waals surface area contributed by atoms with Crippen LogP contribution < -0.4 is 5.32 Å². The van der Waals surface area contributed by atoms with E-state index >= 15 is 0 Å². The van der Waals surface area contributed by atoms with Gasteiger partial charge in [-0.25, -0.2) is 0 Å². The van der Waals surface area contributed by atoms with E-state index in [1.54, 1.807) is 6.08 Å². The number of aliphatic hydroxyl groups excluding tert-OH is 2. The van der Waals surface area contributed by atoms with Crippen molar-refractivity contribution in [1.82, 2.24) is 5.32 Å². The lowest BCUT2D eigenvalue weighted by Gasteiger charge is -2.19. The molecule has 0 heterocycles. The van der Waals surface area contributed by atoms with Gasteiger partial charge < -0.3 is 15.5 Å². The van der Waals surface area contributed by atoms with E-state index in [1.807, 2.05) is 6.08 Å².